The summed E-state index contributed by atoms with van der Waals surface area (Å²) in [6, 6.07) is 12.9. The maximum atomic E-state index is 13.0. The molecule has 0 amide bonds. The molecular formula is C20H20F2N4O3S. The summed E-state index contributed by atoms with van der Waals surface area (Å²) >= 11 is 0. The van der Waals surface area contributed by atoms with Crippen molar-refractivity contribution in [1.82, 2.24) is 14.9 Å². The number of piperazine rings is 1. The molecule has 0 saturated carbocycles. The maximum absolute atomic E-state index is 13.0. The second-order valence-electron chi connectivity index (χ2n) is 7.07. The first kappa shape index (κ1) is 20.4. The molecular weight excluding hydrogens is 414 g/mol. The lowest BCUT2D eigenvalue weighted by Gasteiger charge is -2.36. The van der Waals surface area contributed by atoms with Gasteiger partial charge in [0, 0.05) is 26.2 Å². The van der Waals surface area contributed by atoms with Crippen LogP contribution in [0.5, 0.6) is 0 Å². The summed E-state index contributed by atoms with van der Waals surface area (Å²) in [4.78, 5) is 23.0. The topological polar surface area (TPSA) is 86.4 Å². The van der Waals surface area contributed by atoms with Crippen LogP contribution in [0.4, 0.5) is 14.5 Å². The lowest BCUT2D eigenvalue weighted by molar-refractivity contribution is 0.234. The number of rotatable bonds is 5. The molecule has 0 radical (unpaired) electrons. The minimum atomic E-state index is -4.68. The molecule has 1 N–H and O–H groups in total. The number of fused-ring (bicyclic) bond motifs is 1. The van der Waals surface area contributed by atoms with Gasteiger partial charge in [-0.25, -0.2) is 13.4 Å². The zero-order chi connectivity index (χ0) is 21.3. The highest BCUT2D eigenvalue weighted by atomic mass is 32.2. The molecule has 0 spiro atoms. The first-order valence-corrected chi connectivity index (χ1v) is 11.0. The van der Waals surface area contributed by atoms with Gasteiger partial charge in [0.25, 0.3) is 5.56 Å². The van der Waals surface area contributed by atoms with Crippen molar-refractivity contribution in [3.8, 4) is 0 Å². The molecule has 0 atom stereocenters. The number of para-hydroxylation sites is 2. The van der Waals surface area contributed by atoms with E-state index in [9.17, 15) is 22.0 Å². The fraction of sp³-hybridized carbons (Fsp3) is 0.300. The second kappa shape index (κ2) is 8.11. The van der Waals surface area contributed by atoms with Crippen LogP contribution in [0.3, 0.4) is 0 Å². The lowest BCUT2D eigenvalue weighted by Crippen LogP contribution is -2.46. The van der Waals surface area contributed by atoms with Gasteiger partial charge in [0.1, 0.15) is 5.82 Å². The Hall–Kier alpha value is -2.85. The Morgan fingerprint density at radius 3 is 2.40 bits per heavy atom. The summed E-state index contributed by atoms with van der Waals surface area (Å²) in [6.07, 6.45) is 0. The van der Waals surface area contributed by atoms with Gasteiger partial charge < -0.3 is 9.88 Å². The van der Waals surface area contributed by atoms with Gasteiger partial charge in [-0.15, -0.1) is 0 Å². The standard InChI is InChI=1S/C20H20F2N4O3S/c21-20(22)30(28,29)17-8-4-3-7-16(17)26-11-9-25(10-12-26)13-18-23-15-6-2-1-5-14(15)19(27)24-18/h1-8,20H,9-13H2,(H,23,24,27). The molecule has 1 aliphatic heterocycles. The highest BCUT2D eigenvalue weighted by Crippen LogP contribution is 2.29. The van der Waals surface area contributed by atoms with Crippen molar-refractivity contribution in [3.05, 3.63) is 64.7 Å². The number of anilines is 1. The highest BCUT2D eigenvalue weighted by Gasteiger charge is 2.31. The van der Waals surface area contributed by atoms with Crippen LogP contribution in [0.25, 0.3) is 10.9 Å². The van der Waals surface area contributed by atoms with Crippen LogP contribution in [0.1, 0.15) is 5.82 Å². The summed E-state index contributed by atoms with van der Waals surface area (Å²) in [5.74, 6) is -2.91. The third-order valence-corrected chi connectivity index (χ3v) is 6.58. The molecule has 10 heteroatoms. The van der Waals surface area contributed by atoms with Gasteiger partial charge in [0.2, 0.25) is 9.84 Å². The molecule has 30 heavy (non-hydrogen) atoms. The maximum Gasteiger partial charge on any atom is 0.341 e. The molecule has 0 unspecified atom stereocenters. The first-order chi connectivity index (χ1) is 14.4. The molecule has 4 rings (SSSR count). The van der Waals surface area contributed by atoms with Crippen molar-refractivity contribution in [2.24, 2.45) is 0 Å². The molecule has 7 nitrogen and oxygen atoms in total. The predicted molar refractivity (Wildman–Crippen MR) is 109 cm³/mol. The molecule has 1 aliphatic rings. The number of nitrogens with one attached hydrogen (secondary N) is 1. The minimum Gasteiger partial charge on any atom is -0.368 e. The predicted octanol–water partition coefficient (Wildman–Crippen LogP) is 2.24. The van der Waals surface area contributed by atoms with Crippen LogP contribution in [0.15, 0.2) is 58.2 Å². The van der Waals surface area contributed by atoms with E-state index in [4.69, 9.17) is 0 Å². The number of halogens is 2. The number of nitrogens with zero attached hydrogens (tertiary/aromatic N) is 3. The van der Waals surface area contributed by atoms with E-state index in [1.807, 2.05) is 6.07 Å². The van der Waals surface area contributed by atoms with Gasteiger partial charge in [-0.05, 0) is 24.3 Å². The number of sulfone groups is 1. The van der Waals surface area contributed by atoms with Crippen LogP contribution in [0.2, 0.25) is 0 Å². The van der Waals surface area contributed by atoms with E-state index in [0.29, 0.717) is 49.5 Å². The lowest BCUT2D eigenvalue weighted by atomic mass is 10.2. The fourth-order valence-electron chi connectivity index (χ4n) is 3.62. The van der Waals surface area contributed by atoms with E-state index in [2.05, 4.69) is 14.9 Å². The van der Waals surface area contributed by atoms with Gasteiger partial charge in [-0.3, -0.25) is 9.69 Å². The van der Waals surface area contributed by atoms with Crippen LogP contribution >= 0.6 is 0 Å². The quantitative estimate of drug-likeness (QED) is 0.663. The molecule has 2 heterocycles. The van der Waals surface area contributed by atoms with Gasteiger partial charge >= 0.3 is 5.76 Å². The van der Waals surface area contributed by atoms with Crippen molar-refractivity contribution in [3.63, 3.8) is 0 Å². The summed E-state index contributed by atoms with van der Waals surface area (Å²) in [6.45, 7) is 2.51. The summed E-state index contributed by atoms with van der Waals surface area (Å²) in [5, 5.41) is 0.530. The highest BCUT2D eigenvalue weighted by molar-refractivity contribution is 7.91. The van der Waals surface area contributed by atoms with E-state index in [1.165, 1.54) is 12.1 Å². The minimum absolute atomic E-state index is 0.194. The van der Waals surface area contributed by atoms with Crippen LogP contribution in [0, 0.1) is 0 Å². The van der Waals surface area contributed by atoms with Gasteiger partial charge in [0.05, 0.1) is 28.0 Å². The molecule has 1 saturated heterocycles. The van der Waals surface area contributed by atoms with E-state index < -0.39 is 15.6 Å². The Kier molecular flexibility index (Phi) is 5.52. The Morgan fingerprint density at radius 2 is 1.67 bits per heavy atom. The van der Waals surface area contributed by atoms with Crippen molar-refractivity contribution in [2.75, 3.05) is 31.1 Å². The van der Waals surface area contributed by atoms with Gasteiger partial charge in [-0.1, -0.05) is 24.3 Å². The zero-order valence-electron chi connectivity index (χ0n) is 16.0. The van der Waals surface area contributed by atoms with Crippen molar-refractivity contribution >= 4 is 26.4 Å². The van der Waals surface area contributed by atoms with Crippen LogP contribution in [-0.2, 0) is 16.4 Å². The number of alkyl halides is 2. The molecule has 1 aromatic heterocycles. The zero-order valence-corrected chi connectivity index (χ0v) is 16.8. The summed E-state index contributed by atoms with van der Waals surface area (Å²) in [7, 11) is -4.68. The Balaban J connectivity index is 1.49. The van der Waals surface area contributed by atoms with Crippen molar-refractivity contribution in [1.29, 1.82) is 0 Å². The Morgan fingerprint density at radius 1 is 1.00 bits per heavy atom. The first-order valence-electron chi connectivity index (χ1n) is 9.42. The summed E-state index contributed by atoms with van der Waals surface area (Å²) < 4.78 is 50.1. The SMILES string of the molecule is O=c1[nH]c(CN2CCN(c3ccccc3S(=O)(=O)C(F)F)CC2)nc2ccccc12. The Bertz CT molecular complexity index is 1220. The number of hydrogen-bond donors (Lipinski definition) is 1. The average Bonchev–Trinajstić information content (AvgIpc) is 2.74. The van der Waals surface area contributed by atoms with Crippen molar-refractivity contribution < 1.29 is 17.2 Å². The van der Waals surface area contributed by atoms with E-state index in [0.717, 1.165) is 0 Å². The monoisotopic (exact) mass is 434 g/mol. The fourth-order valence-corrected chi connectivity index (χ4v) is 4.57. The van der Waals surface area contributed by atoms with Gasteiger partial charge in [0.15, 0.2) is 0 Å². The molecule has 1 fully saturated rings. The molecule has 0 aliphatic carbocycles. The van der Waals surface area contributed by atoms with E-state index in [1.54, 1.807) is 35.2 Å². The third-order valence-electron chi connectivity index (χ3n) is 5.15. The average molecular weight is 434 g/mol. The van der Waals surface area contributed by atoms with Gasteiger partial charge in [-0.2, -0.15) is 8.78 Å². The number of hydrogen-bond acceptors (Lipinski definition) is 6. The van der Waals surface area contributed by atoms with Crippen LogP contribution < -0.4 is 10.5 Å². The summed E-state index contributed by atoms with van der Waals surface area (Å²) in [5.41, 5.74) is 0.719. The van der Waals surface area contributed by atoms with E-state index >= 15 is 0 Å². The Labute approximate surface area is 171 Å². The van der Waals surface area contributed by atoms with E-state index in [-0.39, 0.29) is 16.1 Å². The number of aromatic amines is 1. The van der Waals surface area contributed by atoms with Crippen LogP contribution in [-0.4, -0.2) is 55.2 Å². The third kappa shape index (κ3) is 3.92. The number of aromatic nitrogens is 2. The number of benzene rings is 2. The normalized spacial score (nSPS) is 15.8. The molecule has 0 bridgehead atoms. The molecule has 3 aromatic rings. The second-order valence-corrected chi connectivity index (χ2v) is 8.95. The van der Waals surface area contributed by atoms with Crippen molar-refractivity contribution in [2.45, 2.75) is 17.2 Å². The number of H-pyrrole nitrogens is 1. The molecule has 2 aromatic carbocycles. The largest absolute Gasteiger partial charge is 0.368 e. The molecule has 158 valence electrons. The smallest absolute Gasteiger partial charge is 0.341 e.